The number of hydrogen-bond donors (Lipinski definition) is 1. The first-order valence-corrected chi connectivity index (χ1v) is 5.82. The fourth-order valence-electron chi connectivity index (χ4n) is 1.37. The van der Waals surface area contributed by atoms with Gasteiger partial charge in [0.15, 0.2) is 0 Å². The smallest absolute Gasteiger partial charge is 0.244 e. The van der Waals surface area contributed by atoms with Gasteiger partial charge in [-0.25, -0.2) is 13.1 Å². The van der Waals surface area contributed by atoms with Crippen molar-refractivity contribution in [3.05, 3.63) is 24.3 Å². The number of para-hydroxylation sites is 1. The van der Waals surface area contributed by atoms with E-state index in [4.69, 9.17) is 4.74 Å². The summed E-state index contributed by atoms with van der Waals surface area (Å²) in [5.41, 5.74) is 0. The topological polar surface area (TPSA) is 55.4 Å². The minimum atomic E-state index is -3.40. The zero-order chi connectivity index (χ0) is 10.2. The van der Waals surface area contributed by atoms with Gasteiger partial charge in [0.2, 0.25) is 10.0 Å². The molecule has 1 atom stereocenters. The molecule has 1 aliphatic heterocycles. The standard InChI is InChI=1S/C9H11NO3S/c1-7-6-13-8-4-2-3-5-9(8)14(11,12)10-7/h2-5,7,10H,6H2,1H3. The highest BCUT2D eigenvalue weighted by Gasteiger charge is 2.25. The summed E-state index contributed by atoms with van der Waals surface area (Å²) in [6.07, 6.45) is 0. The molecule has 0 amide bonds. The van der Waals surface area contributed by atoms with Crippen molar-refractivity contribution >= 4 is 10.0 Å². The van der Waals surface area contributed by atoms with Gasteiger partial charge in [-0.2, -0.15) is 0 Å². The lowest BCUT2D eigenvalue weighted by Gasteiger charge is -2.06. The van der Waals surface area contributed by atoms with E-state index in [0.717, 1.165) is 0 Å². The molecule has 2 rings (SSSR count). The van der Waals surface area contributed by atoms with Crippen molar-refractivity contribution in [2.45, 2.75) is 17.9 Å². The van der Waals surface area contributed by atoms with E-state index in [1.807, 2.05) is 0 Å². The van der Waals surface area contributed by atoms with Crippen LogP contribution in [-0.2, 0) is 10.0 Å². The van der Waals surface area contributed by atoms with Crippen molar-refractivity contribution in [3.63, 3.8) is 0 Å². The lowest BCUT2D eigenvalue weighted by Crippen LogP contribution is -2.33. The molecule has 1 aliphatic rings. The van der Waals surface area contributed by atoms with Gasteiger partial charge in [0.25, 0.3) is 0 Å². The maximum atomic E-state index is 11.7. The second-order valence-electron chi connectivity index (χ2n) is 3.28. The van der Waals surface area contributed by atoms with Crippen LogP contribution in [0.3, 0.4) is 0 Å². The zero-order valence-electron chi connectivity index (χ0n) is 7.73. The number of nitrogens with one attached hydrogen (secondary N) is 1. The van der Waals surface area contributed by atoms with Crippen LogP contribution in [0.1, 0.15) is 6.92 Å². The van der Waals surface area contributed by atoms with Crippen molar-refractivity contribution in [2.75, 3.05) is 6.61 Å². The molecule has 1 N–H and O–H groups in total. The van der Waals surface area contributed by atoms with Gasteiger partial charge >= 0.3 is 0 Å². The second-order valence-corrected chi connectivity index (χ2v) is 4.96. The van der Waals surface area contributed by atoms with E-state index in [1.54, 1.807) is 25.1 Å². The van der Waals surface area contributed by atoms with Crippen LogP contribution in [0.15, 0.2) is 29.2 Å². The van der Waals surface area contributed by atoms with Gasteiger partial charge in [0, 0.05) is 0 Å². The lowest BCUT2D eigenvalue weighted by molar-refractivity contribution is 0.288. The van der Waals surface area contributed by atoms with Crippen molar-refractivity contribution in [1.82, 2.24) is 4.72 Å². The molecule has 0 aliphatic carbocycles. The summed E-state index contributed by atoms with van der Waals surface area (Å²) >= 11 is 0. The summed E-state index contributed by atoms with van der Waals surface area (Å²) in [5.74, 6) is 0.421. The molecule has 0 fully saturated rings. The Morgan fingerprint density at radius 2 is 2.14 bits per heavy atom. The lowest BCUT2D eigenvalue weighted by atomic mass is 10.3. The fraction of sp³-hybridized carbons (Fsp3) is 0.333. The monoisotopic (exact) mass is 213 g/mol. The Morgan fingerprint density at radius 1 is 1.43 bits per heavy atom. The SMILES string of the molecule is CC1COc2ccccc2S(=O)(=O)N1. The first kappa shape index (κ1) is 9.48. The third-order valence-corrected chi connectivity index (χ3v) is 3.61. The summed E-state index contributed by atoms with van der Waals surface area (Å²) in [4.78, 5) is 0.212. The number of hydrogen-bond acceptors (Lipinski definition) is 3. The van der Waals surface area contributed by atoms with Gasteiger partial charge in [-0.3, -0.25) is 0 Å². The molecule has 1 unspecified atom stereocenters. The van der Waals surface area contributed by atoms with Crippen molar-refractivity contribution in [1.29, 1.82) is 0 Å². The Labute approximate surface area is 82.9 Å². The summed E-state index contributed by atoms with van der Waals surface area (Å²) in [6.45, 7) is 2.12. The average Bonchev–Trinajstić information content (AvgIpc) is 2.24. The highest BCUT2D eigenvalue weighted by atomic mass is 32.2. The zero-order valence-corrected chi connectivity index (χ0v) is 8.54. The summed E-state index contributed by atoms with van der Waals surface area (Å²) in [7, 11) is -3.40. The van der Waals surface area contributed by atoms with Crippen molar-refractivity contribution < 1.29 is 13.2 Å². The molecular weight excluding hydrogens is 202 g/mol. The fourth-order valence-corrected chi connectivity index (χ4v) is 2.74. The summed E-state index contributed by atoms with van der Waals surface area (Å²) in [6, 6.07) is 6.43. The van der Waals surface area contributed by atoms with E-state index in [1.165, 1.54) is 6.07 Å². The molecule has 0 aromatic heterocycles. The predicted octanol–water partition coefficient (Wildman–Crippen LogP) is 0.746. The number of fused-ring (bicyclic) bond motifs is 1. The Hall–Kier alpha value is -1.07. The molecule has 0 spiro atoms. The normalized spacial score (nSPS) is 24.5. The second kappa shape index (κ2) is 3.25. The maximum absolute atomic E-state index is 11.7. The highest BCUT2D eigenvalue weighted by Crippen LogP contribution is 2.25. The number of rotatable bonds is 0. The van der Waals surface area contributed by atoms with E-state index >= 15 is 0 Å². The Balaban J connectivity index is 2.57. The van der Waals surface area contributed by atoms with Crippen LogP contribution in [0, 0.1) is 0 Å². The number of ether oxygens (including phenoxy) is 1. The molecule has 0 saturated carbocycles. The van der Waals surface area contributed by atoms with E-state index < -0.39 is 10.0 Å². The van der Waals surface area contributed by atoms with E-state index in [2.05, 4.69) is 4.72 Å². The quantitative estimate of drug-likeness (QED) is 0.691. The molecule has 0 saturated heterocycles. The molecule has 5 heteroatoms. The van der Waals surface area contributed by atoms with E-state index in [0.29, 0.717) is 12.4 Å². The molecule has 4 nitrogen and oxygen atoms in total. The third-order valence-electron chi connectivity index (χ3n) is 1.98. The van der Waals surface area contributed by atoms with Crippen LogP contribution in [0.2, 0.25) is 0 Å². The van der Waals surface area contributed by atoms with Crippen LogP contribution in [0.5, 0.6) is 5.75 Å². The van der Waals surface area contributed by atoms with Gasteiger partial charge in [0.05, 0.1) is 6.04 Å². The number of sulfonamides is 1. The van der Waals surface area contributed by atoms with Crippen LogP contribution < -0.4 is 9.46 Å². The largest absolute Gasteiger partial charge is 0.491 e. The highest BCUT2D eigenvalue weighted by molar-refractivity contribution is 7.89. The van der Waals surface area contributed by atoms with Crippen LogP contribution >= 0.6 is 0 Å². The van der Waals surface area contributed by atoms with Gasteiger partial charge < -0.3 is 4.74 Å². The minimum absolute atomic E-state index is 0.201. The molecule has 0 radical (unpaired) electrons. The van der Waals surface area contributed by atoms with Crippen LogP contribution in [-0.4, -0.2) is 21.1 Å². The number of benzene rings is 1. The minimum Gasteiger partial charge on any atom is -0.491 e. The Morgan fingerprint density at radius 3 is 2.93 bits per heavy atom. The molecular formula is C9H11NO3S. The van der Waals surface area contributed by atoms with Crippen LogP contribution in [0.25, 0.3) is 0 Å². The molecule has 1 aromatic carbocycles. The first-order valence-electron chi connectivity index (χ1n) is 4.34. The molecule has 1 heterocycles. The maximum Gasteiger partial charge on any atom is 0.244 e. The van der Waals surface area contributed by atoms with Crippen molar-refractivity contribution in [2.24, 2.45) is 0 Å². The molecule has 14 heavy (non-hydrogen) atoms. The van der Waals surface area contributed by atoms with Gasteiger partial charge in [-0.05, 0) is 19.1 Å². The summed E-state index contributed by atoms with van der Waals surface area (Å²) in [5, 5.41) is 0. The van der Waals surface area contributed by atoms with E-state index in [-0.39, 0.29) is 10.9 Å². The third kappa shape index (κ3) is 1.60. The molecule has 1 aromatic rings. The van der Waals surface area contributed by atoms with Crippen LogP contribution in [0.4, 0.5) is 0 Å². The summed E-state index contributed by atoms with van der Waals surface area (Å²) < 4.78 is 31.3. The van der Waals surface area contributed by atoms with Gasteiger partial charge in [-0.15, -0.1) is 0 Å². The van der Waals surface area contributed by atoms with Crippen molar-refractivity contribution in [3.8, 4) is 5.75 Å². The average molecular weight is 213 g/mol. The molecule has 0 bridgehead atoms. The van der Waals surface area contributed by atoms with Gasteiger partial charge in [0.1, 0.15) is 17.3 Å². The van der Waals surface area contributed by atoms with E-state index in [9.17, 15) is 8.42 Å². The Bertz CT molecular complexity index is 441. The first-order chi connectivity index (χ1) is 6.59. The predicted molar refractivity (Wildman–Crippen MR) is 51.7 cm³/mol. The molecule has 76 valence electrons. The van der Waals surface area contributed by atoms with Gasteiger partial charge in [-0.1, -0.05) is 12.1 Å². The Kier molecular flexibility index (Phi) is 2.20.